The number of hydrogen-bond acceptors (Lipinski definition) is 2. The topological polar surface area (TPSA) is 46.2 Å². The van der Waals surface area contributed by atoms with Gasteiger partial charge in [-0.2, -0.15) is 0 Å². The normalized spacial score (nSPS) is 21.1. The largest absolute Gasteiger partial charge is 0.392 e. The first-order valence-electron chi connectivity index (χ1n) is 6.69. The van der Waals surface area contributed by atoms with Gasteiger partial charge >= 0.3 is 0 Å². The monoisotopic (exact) mass is 233 g/mol. The minimum Gasteiger partial charge on any atom is -0.392 e. The van der Waals surface area contributed by atoms with E-state index in [2.05, 4.69) is 12.1 Å². The molecule has 0 spiro atoms. The van der Waals surface area contributed by atoms with Crippen molar-refractivity contribution in [3.8, 4) is 0 Å². The molecule has 1 aliphatic carbocycles. The molecule has 0 amide bonds. The van der Waals surface area contributed by atoms with E-state index in [4.69, 9.17) is 5.73 Å². The summed E-state index contributed by atoms with van der Waals surface area (Å²) in [6.07, 6.45) is 6.31. The molecule has 1 aromatic rings. The number of aliphatic hydroxyl groups is 1. The van der Waals surface area contributed by atoms with Crippen LogP contribution in [0, 0.1) is 5.41 Å². The molecule has 2 heteroatoms. The molecule has 3 N–H and O–H groups in total. The summed E-state index contributed by atoms with van der Waals surface area (Å²) in [6.45, 7) is 0.612. The van der Waals surface area contributed by atoms with E-state index in [1.165, 1.54) is 24.8 Å². The van der Waals surface area contributed by atoms with Gasteiger partial charge in [0.1, 0.15) is 0 Å². The van der Waals surface area contributed by atoms with Crippen LogP contribution in [0.3, 0.4) is 0 Å². The van der Waals surface area contributed by atoms with Crippen molar-refractivity contribution in [3.63, 3.8) is 0 Å². The van der Waals surface area contributed by atoms with E-state index in [0.717, 1.165) is 19.3 Å². The van der Waals surface area contributed by atoms with Gasteiger partial charge in [-0.1, -0.05) is 49.6 Å². The quantitative estimate of drug-likeness (QED) is 0.839. The Labute approximate surface area is 104 Å². The summed E-state index contributed by atoms with van der Waals surface area (Å²) in [4.78, 5) is 0. The van der Waals surface area contributed by atoms with Crippen LogP contribution in [0.5, 0.6) is 0 Å². The first-order chi connectivity index (χ1) is 8.27. The predicted octanol–water partition coefficient (Wildman–Crippen LogP) is 2.50. The van der Waals surface area contributed by atoms with Crippen LogP contribution in [0.15, 0.2) is 30.3 Å². The fourth-order valence-corrected chi connectivity index (χ4v) is 2.98. The van der Waals surface area contributed by atoms with Crippen LogP contribution >= 0.6 is 0 Å². The molecule has 0 radical (unpaired) electrons. The lowest BCUT2D eigenvalue weighted by Gasteiger charge is -2.40. The zero-order chi connectivity index (χ0) is 12.1. The Hall–Kier alpha value is -0.860. The van der Waals surface area contributed by atoms with Crippen molar-refractivity contribution in [2.24, 2.45) is 11.1 Å². The molecule has 1 fully saturated rings. The van der Waals surface area contributed by atoms with Gasteiger partial charge in [-0.15, -0.1) is 0 Å². The maximum atomic E-state index is 10.5. The first-order valence-corrected chi connectivity index (χ1v) is 6.69. The van der Waals surface area contributed by atoms with Gasteiger partial charge in [-0.3, -0.25) is 0 Å². The first kappa shape index (κ1) is 12.6. The van der Waals surface area contributed by atoms with Crippen LogP contribution < -0.4 is 5.73 Å². The highest BCUT2D eigenvalue weighted by Gasteiger charge is 2.37. The Morgan fingerprint density at radius 3 is 2.35 bits per heavy atom. The van der Waals surface area contributed by atoms with Crippen LogP contribution in [-0.4, -0.2) is 17.8 Å². The Kier molecular flexibility index (Phi) is 4.19. The van der Waals surface area contributed by atoms with Crippen LogP contribution in [-0.2, 0) is 6.42 Å². The van der Waals surface area contributed by atoms with Crippen LogP contribution in [0.25, 0.3) is 0 Å². The van der Waals surface area contributed by atoms with E-state index in [-0.39, 0.29) is 11.5 Å². The molecule has 0 heterocycles. The second kappa shape index (κ2) is 5.65. The maximum absolute atomic E-state index is 10.5. The van der Waals surface area contributed by atoms with E-state index in [9.17, 15) is 5.11 Å². The zero-order valence-corrected chi connectivity index (χ0v) is 10.4. The fourth-order valence-electron chi connectivity index (χ4n) is 2.98. The fraction of sp³-hybridized carbons (Fsp3) is 0.600. The highest BCUT2D eigenvalue weighted by Crippen LogP contribution is 2.39. The third-order valence-electron chi connectivity index (χ3n) is 4.23. The molecule has 2 nitrogen and oxygen atoms in total. The van der Waals surface area contributed by atoms with E-state index in [1.807, 2.05) is 18.2 Å². The average molecular weight is 233 g/mol. The summed E-state index contributed by atoms with van der Waals surface area (Å²) in [5.74, 6) is 0. The van der Waals surface area contributed by atoms with Gasteiger partial charge in [-0.05, 0) is 24.8 Å². The van der Waals surface area contributed by atoms with Crippen molar-refractivity contribution in [1.29, 1.82) is 0 Å². The molecule has 0 saturated heterocycles. The molecule has 0 aromatic heterocycles. The number of benzene rings is 1. The molecule has 1 aromatic carbocycles. The Bertz CT molecular complexity index is 330. The van der Waals surface area contributed by atoms with E-state index in [0.29, 0.717) is 6.54 Å². The number of aliphatic hydroxyl groups excluding tert-OH is 1. The minimum atomic E-state index is -0.296. The summed E-state index contributed by atoms with van der Waals surface area (Å²) in [5, 5.41) is 10.5. The van der Waals surface area contributed by atoms with Gasteiger partial charge in [0.2, 0.25) is 0 Å². The summed E-state index contributed by atoms with van der Waals surface area (Å²) < 4.78 is 0. The van der Waals surface area contributed by atoms with Crippen molar-refractivity contribution >= 4 is 0 Å². The number of hydrogen-bond donors (Lipinski definition) is 2. The second-order valence-corrected chi connectivity index (χ2v) is 5.33. The van der Waals surface area contributed by atoms with Crippen LogP contribution in [0.2, 0.25) is 0 Å². The molecule has 1 saturated carbocycles. The standard InChI is InChI=1S/C15H23NO/c16-12-15(9-5-2-6-10-15)14(17)11-13-7-3-1-4-8-13/h1,3-4,7-8,14,17H,2,5-6,9-12,16H2. The van der Waals surface area contributed by atoms with E-state index >= 15 is 0 Å². The summed E-state index contributed by atoms with van der Waals surface area (Å²) in [6, 6.07) is 10.2. The van der Waals surface area contributed by atoms with Crippen molar-refractivity contribution in [2.45, 2.75) is 44.6 Å². The van der Waals surface area contributed by atoms with Crippen LogP contribution in [0.1, 0.15) is 37.7 Å². The Morgan fingerprint density at radius 2 is 1.76 bits per heavy atom. The van der Waals surface area contributed by atoms with Gasteiger partial charge in [0, 0.05) is 12.0 Å². The molecule has 1 atom stereocenters. The Balaban J connectivity index is 2.04. The van der Waals surface area contributed by atoms with Gasteiger partial charge < -0.3 is 10.8 Å². The molecule has 2 rings (SSSR count). The third kappa shape index (κ3) is 2.88. The van der Waals surface area contributed by atoms with Crippen molar-refractivity contribution in [1.82, 2.24) is 0 Å². The third-order valence-corrected chi connectivity index (χ3v) is 4.23. The molecular weight excluding hydrogens is 210 g/mol. The van der Waals surface area contributed by atoms with Gasteiger partial charge in [0.15, 0.2) is 0 Å². The molecule has 1 aliphatic rings. The van der Waals surface area contributed by atoms with Crippen molar-refractivity contribution in [3.05, 3.63) is 35.9 Å². The molecular formula is C15H23NO. The molecule has 1 unspecified atom stereocenters. The zero-order valence-electron chi connectivity index (χ0n) is 10.4. The van der Waals surface area contributed by atoms with Crippen LogP contribution in [0.4, 0.5) is 0 Å². The van der Waals surface area contributed by atoms with Gasteiger partial charge in [-0.25, -0.2) is 0 Å². The SMILES string of the molecule is NCC1(C(O)Cc2ccccc2)CCCCC1. The summed E-state index contributed by atoms with van der Waals surface area (Å²) in [5.41, 5.74) is 7.11. The highest BCUT2D eigenvalue weighted by molar-refractivity contribution is 5.16. The average Bonchev–Trinajstić information content (AvgIpc) is 2.40. The summed E-state index contributed by atoms with van der Waals surface area (Å²) in [7, 11) is 0. The number of rotatable bonds is 4. The molecule has 94 valence electrons. The van der Waals surface area contributed by atoms with E-state index in [1.54, 1.807) is 0 Å². The Morgan fingerprint density at radius 1 is 1.12 bits per heavy atom. The lowest BCUT2D eigenvalue weighted by molar-refractivity contribution is 0.00305. The lowest BCUT2D eigenvalue weighted by atomic mass is 9.69. The van der Waals surface area contributed by atoms with Gasteiger partial charge in [0.25, 0.3) is 0 Å². The van der Waals surface area contributed by atoms with Crippen molar-refractivity contribution in [2.75, 3.05) is 6.54 Å². The van der Waals surface area contributed by atoms with Gasteiger partial charge in [0.05, 0.1) is 6.10 Å². The van der Waals surface area contributed by atoms with E-state index < -0.39 is 0 Å². The minimum absolute atomic E-state index is 0.0336. The maximum Gasteiger partial charge on any atom is 0.0648 e. The lowest BCUT2D eigenvalue weighted by Crippen LogP contribution is -2.44. The second-order valence-electron chi connectivity index (χ2n) is 5.33. The molecule has 0 bridgehead atoms. The van der Waals surface area contributed by atoms with Crippen molar-refractivity contribution < 1.29 is 5.11 Å². The highest BCUT2D eigenvalue weighted by atomic mass is 16.3. The predicted molar refractivity (Wildman–Crippen MR) is 70.7 cm³/mol. The summed E-state index contributed by atoms with van der Waals surface area (Å²) >= 11 is 0. The smallest absolute Gasteiger partial charge is 0.0648 e. The molecule has 0 aliphatic heterocycles. The molecule has 17 heavy (non-hydrogen) atoms. The number of nitrogens with two attached hydrogens (primary N) is 1.